The van der Waals surface area contributed by atoms with Crippen LogP contribution < -0.4 is 23.7 Å². The number of aliphatic hydroxyl groups excluding tert-OH is 11. The number of benzene rings is 3. The number of esters is 3. The molecule has 4 aliphatic heterocycles. The fourth-order valence-electron chi connectivity index (χ4n) is 9.69. The van der Waals surface area contributed by atoms with Crippen LogP contribution in [0.1, 0.15) is 16.7 Å². The lowest BCUT2D eigenvalue weighted by atomic mass is 9.96. The molecule has 7 rings (SSSR count). The molecule has 4 fully saturated rings. The first kappa shape index (κ1) is 68.5. The lowest BCUT2D eigenvalue weighted by molar-refractivity contribution is -0.412. The topological polar surface area (TPSA) is 473 Å². The van der Waals surface area contributed by atoms with E-state index >= 15 is 0 Å². The Morgan fingerprint density at radius 3 is 1.44 bits per heavy atom. The number of phenols is 3. The van der Waals surface area contributed by atoms with E-state index in [2.05, 4.69) is 0 Å². The van der Waals surface area contributed by atoms with Crippen LogP contribution in [0, 0.1) is 0 Å². The summed E-state index contributed by atoms with van der Waals surface area (Å²) in [7, 11) is 6.32. The quantitative estimate of drug-likeness (QED) is 0.0220. The van der Waals surface area contributed by atoms with Crippen LogP contribution in [-0.2, 0) is 61.8 Å². The van der Waals surface area contributed by atoms with E-state index in [1.54, 1.807) is 0 Å². The van der Waals surface area contributed by atoms with Crippen LogP contribution in [0.5, 0.6) is 46.0 Å². The van der Waals surface area contributed by atoms with E-state index in [0.29, 0.717) is 5.56 Å². The zero-order valence-corrected chi connectivity index (χ0v) is 47.5. The van der Waals surface area contributed by atoms with Crippen LogP contribution in [0.4, 0.5) is 0 Å². The molecule has 0 radical (unpaired) electrons. The Morgan fingerprint density at radius 2 is 0.920 bits per heavy atom. The molecule has 0 spiro atoms. The summed E-state index contributed by atoms with van der Waals surface area (Å²) in [5.74, 6) is -7.65. The highest BCUT2D eigenvalue weighted by Gasteiger charge is 2.63. The number of rotatable bonds is 25. The van der Waals surface area contributed by atoms with E-state index in [1.165, 1.54) is 90.2 Å². The van der Waals surface area contributed by atoms with Crippen LogP contribution >= 0.6 is 0 Å². The van der Waals surface area contributed by atoms with Crippen molar-refractivity contribution in [3.63, 3.8) is 0 Å². The molecule has 14 N–H and O–H groups in total. The molecule has 0 saturated carbocycles. The van der Waals surface area contributed by atoms with Gasteiger partial charge >= 0.3 is 17.9 Å². The molecule has 32 heteroatoms. The third kappa shape index (κ3) is 15.3. The van der Waals surface area contributed by atoms with Gasteiger partial charge in [-0.2, -0.15) is 0 Å². The normalized spacial score (nSPS) is 32.5. The smallest absolute Gasteiger partial charge is 0.331 e. The molecule has 0 aliphatic carbocycles. The molecule has 4 heterocycles. The van der Waals surface area contributed by atoms with Crippen molar-refractivity contribution in [2.45, 2.75) is 116 Å². The number of carbonyl (C=O) groups is 3. The highest BCUT2D eigenvalue weighted by Crippen LogP contribution is 2.43. The van der Waals surface area contributed by atoms with E-state index < -0.39 is 167 Å². The van der Waals surface area contributed by atoms with E-state index in [-0.39, 0.29) is 57.1 Å². The first-order chi connectivity index (χ1) is 42.0. The SMILES string of the molecule is COc1cc(/C=C\C(=O)O[C@@H]2[C@@H](CO)O[C@@](CO)(O[C@H]3O[C@H](COC(=O)/C=C/c4cc(OC)c(O)c(OC)c4)[C@@H](O)[C@H](O)[C@H]3O[C@@H]3O[C@H](CO)[C@@H](O[C@@H]4O[C@H](CO)[C@@H](O)[C@H](O)[C@H]4O)[C@H](O)[C@H]3O)[C@H]2OC(=O)/C=C/c2cc(OC)c(O)c(OC)c2)ccc1O. The average Bonchev–Trinajstić information content (AvgIpc) is 2.37. The maximum Gasteiger partial charge on any atom is 0.331 e. The number of methoxy groups -OCH3 is 5. The predicted octanol–water partition coefficient (Wildman–Crippen LogP) is -3.79. The summed E-state index contributed by atoms with van der Waals surface area (Å²) in [5, 5.41) is 152. The van der Waals surface area contributed by atoms with Gasteiger partial charge in [-0.3, -0.25) is 0 Å². The second-order valence-corrected chi connectivity index (χ2v) is 19.9. The molecule has 4 aliphatic rings. The number of phenolic OH excluding ortho intramolecular Hbond substituents is 3. The third-order valence-electron chi connectivity index (χ3n) is 14.4. The molecular weight excluding hydrogens is 1180 g/mol. The van der Waals surface area contributed by atoms with Crippen LogP contribution in [0.3, 0.4) is 0 Å². The monoisotopic (exact) mass is 1250 g/mol. The third-order valence-corrected chi connectivity index (χ3v) is 14.4. The van der Waals surface area contributed by atoms with Gasteiger partial charge in [0.2, 0.25) is 17.3 Å². The molecule has 0 unspecified atom stereocenters. The largest absolute Gasteiger partial charge is 0.504 e. The Bertz CT molecular complexity index is 2880. The lowest BCUT2D eigenvalue weighted by Crippen LogP contribution is -2.67. The summed E-state index contributed by atoms with van der Waals surface area (Å²) in [6.07, 6.45) is -30.5. The molecular formula is C56H70O32. The van der Waals surface area contributed by atoms with Gasteiger partial charge in [0, 0.05) is 18.2 Å². The zero-order valence-electron chi connectivity index (χ0n) is 47.5. The van der Waals surface area contributed by atoms with Gasteiger partial charge in [-0.05, 0) is 71.3 Å². The van der Waals surface area contributed by atoms with Crippen molar-refractivity contribution < 1.29 is 157 Å². The lowest BCUT2D eigenvalue weighted by Gasteiger charge is -2.49. The first-order valence-electron chi connectivity index (χ1n) is 26.7. The predicted molar refractivity (Wildman–Crippen MR) is 290 cm³/mol. The molecule has 4 saturated heterocycles. The number of hydrogen-bond donors (Lipinski definition) is 14. The van der Waals surface area contributed by atoms with Crippen molar-refractivity contribution in [3.8, 4) is 46.0 Å². The minimum atomic E-state index is -2.94. The average molecular weight is 1260 g/mol. The minimum Gasteiger partial charge on any atom is -0.504 e. The van der Waals surface area contributed by atoms with Crippen LogP contribution in [0.2, 0.25) is 0 Å². The van der Waals surface area contributed by atoms with Crippen molar-refractivity contribution in [1.82, 2.24) is 0 Å². The van der Waals surface area contributed by atoms with Crippen LogP contribution in [0.15, 0.2) is 60.7 Å². The van der Waals surface area contributed by atoms with Gasteiger partial charge in [0.15, 0.2) is 65.6 Å². The van der Waals surface area contributed by atoms with Gasteiger partial charge in [-0.1, -0.05) is 6.07 Å². The maximum atomic E-state index is 14.0. The van der Waals surface area contributed by atoms with Crippen molar-refractivity contribution in [2.75, 3.05) is 68.6 Å². The summed E-state index contributed by atoms with van der Waals surface area (Å²) in [6, 6.07) is 9.35. The van der Waals surface area contributed by atoms with Gasteiger partial charge in [-0.15, -0.1) is 0 Å². The standard InChI is InChI=1S/C56H70O32/c1-74-28-14-24(6-10-27(28)61)7-12-38(63)83-50-35(21-59)87-56(23-60,52(50)84-39(64)13-9-26-17-31(77-4)41(66)32(18-26)78-5)88-55-51(45(70)43(68)36(82-55)22-79-37(62)11-8-25-15-29(75-2)40(65)30(16-25)76-3)86-54-48(73)46(71)49(34(20-58)81-54)85-53-47(72)44(69)42(67)33(19-57)80-53/h6-18,33-36,42-55,57-61,65-73H,19-23H2,1-5H3/b11-8+,12-7-,13-9+/t33-,34-,35-,36-,42-,43-,44+,45+,46-,47-,48-,49-,50-,51-,52+,53+,54+,55-,56+/m1/s1. The fraction of sp³-hybridized carbons (Fsp3) is 0.518. The molecule has 0 aromatic heterocycles. The summed E-state index contributed by atoms with van der Waals surface area (Å²) < 4.78 is 84.1. The number of carbonyl (C=O) groups excluding carboxylic acids is 3. The Hall–Kier alpha value is -7.03. The highest BCUT2D eigenvalue weighted by atomic mass is 16.8. The molecule has 0 amide bonds. The maximum absolute atomic E-state index is 14.0. The molecule has 88 heavy (non-hydrogen) atoms. The van der Waals surface area contributed by atoms with Gasteiger partial charge in [0.1, 0.15) is 92.6 Å². The number of aliphatic hydroxyl groups is 11. The minimum absolute atomic E-state index is 0.0215. The summed E-state index contributed by atoms with van der Waals surface area (Å²) in [6.45, 7) is -5.43. The van der Waals surface area contributed by atoms with Gasteiger partial charge in [0.05, 0.1) is 55.4 Å². The van der Waals surface area contributed by atoms with Crippen molar-refractivity contribution in [1.29, 1.82) is 0 Å². The van der Waals surface area contributed by atoms with Crippen LogP contribution in [-0.4, -0.2) is 274 Å². The van der Waals surface area contributed by atoms with Crippen LogP contribution in [0.25, 0.3) is 18.2 Å². The highest BCUT2D eigenvalue weighted by molar-refractivity contribution is 5.89. The van der Waals surface area contributed by atoms with Crippen molar-refractivity contribution in [2.24, 2.45) is 0 Å². The Labute approximate surface area is 500 Å². The fourth-order valence-corrected chi connectivity index (χ4v) is 9.69. The van der Waals surface area contributed by atoms with Gasteiger partial charge in [0.25, 0.3) is 0 Å². The van der Waals surface area contributed by atoms with Crippen molar-refractivity contribution in [3.05, 3.63) is 77.4 Å². The van der Waals surface area contributed by atoms with Gasteiger partial charge < -0.3 is 143 Å². The zero-order chi connectivity index (χ0) is 64.3. The Morgan fingerprint density at radius 1 is 0.477 bits per heavy atom. The number of hydrogen-bond acceptors (Lipinski definition) is 32. The van der Waals surface area contributed by atoms with E-state index in [9.17, 15) is 85.9 Å². The Kier molecular flexibility index (Phi) is 23.7. The van der Waals surface area contributed by atoms with Gasteiger partial charge in [-0.25, -0.2) is 14.4 Å². The second kappa shape index (κ2) is 30.5. The number of aromatic hydroxyl groups is 3. The molecule has 19 atom stereocenters. The molecule has 486 valence electrons. The summed E-state index contributed by atoms with van der Waals surface area (Å²) >= 11 is 0. The van der Waals surface area contributed by atoms with E-state index in [1.807, 2.05) is 0 Å². The number of ether oxygens (including phenoxy) is 15. The second-order valence-electron chi connectivity index (χ2n) is 19.9. The molecule has 32 nitrogen and oxygen atoms in total. The van der Waals surface area contributed by atoms with E-state index in [0.717, 1.165) is 24.3 Å². The summed E-state index contributed by atoms with van der Waals surface area (Å²) in [4.78, 5) is 41.0. The Balaban J connectivity index is 1.24. The van der Waals surface area contributed by atoms with Crippen molar-refractivity contribution >= 4 is 36.1 Å². The van der Waals surface area contributed by atoms with E-state index in [4.69, 9.17) is 71.1 Å². The molecule has 3 aromatic rings. The summed E-state index contributed by atoms with van der Waals surface area (Å²) in [5.41, 5.74) is 0.751. The first-order valence-corrected chi connectivity index (χ1v) is 26.7. The molecule has 3 aromatic carbocycles. The molecule has 0 bridgehead atoms.